The quantitative estimate of drug-likeness (QED) is 0.866. The zero-order chi connectivity index (χ0) is 13.7. The molecule has 0 aliphatic heterocycles. The summed E-state index contributed by atoms with van der Waals surface area (Å²) >= 11 is 0. The van der Waals surface area contributed by atoms with Gasteiger partial charge in [-0.15, -0.1) is 0 Å². The minimum absolute atomic E-state index is 0.0512. The Morgan fingerprint density at radius 3 is 2.84 bits per heavy atom. The van der Waals surface area contributed by atoms with E-state index in [-0.39, 0.29) is 5.91 Å². The van der Waals surface area contributed by atoms with Crippen molar-refractivity contribution < 1.29 is 4.79 Å². The van der Waals surface area contributed by atoms with Gasteiger partial charge in [-0.1, -0.05) is 32.8 Å². The van der Waals surface area contributed by atoms with Gasteiger partial charge in [-0.2, -0.15) is 0 Å². The fraction of sp³-hybridized carbons (Fsp3) is 0.467. The van der Waals surface area contributed by atoms with Gasteiger partial charge in [0.2, 0.25) is 5.91 Å². The van der Waals surface area contributed by atoms with E-state index in [0.717, 1.165) is 30.7 Å². The molecular formula is C15H21N3O. The molecule has 2 heterocycles. The van der Waals surface area contributed by atoms with Crippen molar-refractivity contribution in [2.24, 2.45) is 5.92 Å². The van der Waals surface area contributed by atoms with Gasteiger partial charge >= 0.3 is 0 Å². The van der Waals surface area contributed by atoms with E-state index < -0.39 is 0 Å². The lowest BCUT2D eigenvalue weighted by molar-refractivity contribution is -0.120. The maximum Gasteiger partial charge on any atom is 0.226 e. The Kier molecular flexibility index (Phi) is 4.55. The number of hydrogen-bond acceptors (Lipinski definition) is 2. The maximum atomic E-state index is 11.9. The van der Waals surface area contributed by atoms with Gasteiger partial charge in [0.1, 0.15) is 5.65 Å². The normalized spacial score (nSPS) is 11.1. The summed E-state index contributed by atoms with van der Waals surface area (Å²) in [4.78, 5) is 16.3. The highest BCUT2D eigenvalue weighted by Crippen LogP contribution is 2.07. The van der Waals surface area contributed by atoms with Gasteiger partial charge in [0.05, 0.1) is 12.1 Å². The number of aromatic nitrogens is 2. The number of amides is 1. The predicted molar refractivity (Wildman–Crippen MR) is 76.0 cm³/mol. The molecule has 0 saturated heterocycles. The Balaban J connectivity index is 1.91. The molecule has 19 heavy (non-hydrogen) atoms. The van der Waals surface area contributed by atoms with Gasteiger partial charge in [-0.05, 0) is 18.1 Å². The lowest BCUT2D eigenvalue weighted by Crippen LogP contribution is -2.30. The number of imidazole rings is 1. The van der Waals surface area contributed by atoms with Crippen LogP contribution in [0.3, 0.4) is 0 Å². The van der Waals surface area contributed by atoms with Crippen LogP contribution in [0.15, 0.2) is 30.6 Å². The van der Waals surface area contributed by atoms with Crippen LogP contribution in [-0.4, -0.2) is 21.8 Å². The van der Waals surface area contributed by atoms with Crippen molar-refractivity contribution in [3.63, 3.8) is 0 Å². The minimum atomic E-state index is 0.0512. The highest BCUT2D eigenvalue weighted by molar-refractivity contribution is 5.78. The van der Waals surface area contributed by atoms with Crippen molar-refractivity contribution >= 4 is 11.6 Å². The summed E-state index contributed by atoms with van der Waals surface area (Å²) in [7, 11) is 0. The summed E-state index contributed by atoms with van der Waals surface area (Å²) in [5, 5.41) is 2.99. The first-order chi connectivity index (χ1) is 9.22. The molecule has 0 atom stereocenters. The molecule has 0 aliphatic carbocycles. The third kappa shape index (κ3) is 3.56. The number of carbonyl (C=O) groups excluding carboxylic acids is 1. The topological polar surface area (TPSA) is 46.4 Å². The molecule has 0 bridgehead atoms. The van der Waals surface area contributed by atoms with E-state index in [9.17, 15) is 4.79 Å². The largest absolute Gasteiger partial charge is 0.355 e. The van der Waals surface area contributed by atoms with Crippen LogP contribution in [0.1, 0.15) is 32.4 Å². The van der Waals surface area contributed by atoms with Crippen molar-refractivity contribution in [2.45, 2.75) is 33.1 Å². The number of nitrogens with one attached hydrogen (secondary N) is 1. The van der Waals surface area contributed by atoms with E-state index in [0.29, 0.717) is 12.3 Å². The molecule has 4 nitrogen and oxygen atoms in total. The number of nitrogens with zero attached hydrogens (tertiary/aromatic N) is 2. The maximum absolute atomic E-state index is 11.9. The Morgan fingerprint density at radius 2 is 2.16 bits per heavy atom. The third-order valence-electron chi connectivity index (χ3n) is 3.50. The summed E-state index contributed by atoms with van der Waals surface area (Å²) < 4.78 is 1.93. The van der Waals surface area contributed by atoms with Crippen LogP contribution < -0.4 is 5.32 Å². The Hall–Kier alpha value is -1.84. The van der Waals surface area contributed by atoms with Gasteiger partial charge in [0.15, 0.2) is 0 Å². The van der Waals surface area contributed by atoms with Gasteiger partial charge in [0, 0.05) is 18.9 Å². The molecule has 1 amide bonds. The van der Waals surface area contributed by atoms with Gasteiger partial charge in [0.25, 0.3) is 0 Å². The van der Waals surface area contributed by atoms with Crippen molar-refractivity contribution in [2.75, 3.05) is 6.54 Å². The molecule has 2 rings (SSSR count). The zero-order valence-electron chi connectivity index (χ0n) is 11.6. The van der Waals surface area contributed by atoms with Crippen LogP contribution in [0.5, 0.6) is 0 Å². The van der Waals surface area contributed by atoms with E-state index in [4.69, 9.17) is 0 Å². The average molecular weight is 259 g/mol. The lowest BCUT2D eigenvalue weighted by Gasteiger charge is -2.12. The molecule has 2 aromatic heterocycles. The summed E-state index contributed by atoms with van der Waals surface area (Å²) in [6, 6.07) is 5.83. The molecule has 0 saturated carbocycles. The van der Waals surface area contributed by atoms with Crippen molar-refractivity contribution in [3.05, 3.63) is 36.3 Å². The van der Waals surface area contributed by atoms with Crippen molar-refractivity contribution in [1.82, 2.24) is 14.7 Å². The van der Waals surface area contributed by atoms with Crippen LogP contribution in [-0.2, 0) is 11.2 Å². The zero-order valence-corrected chi connectivity index (χ0v) is 11.6. The first-order valence-corrected chi connectivity index (χ1v) is 6.92. The molecule has 0 unspecified atom stereocenters. The van der Waals surface area contributed by atoms with Crippen molar-refractivity contribution in [3.8, 4) is 0 Å². The summed E-state index contributed by atoms with van der Waals surface area (Å²) in [6.45, 7) is 5.07. The van der Waals surface area contributed by atoms with E-state index >= 15 is 0 Å². The predicted octanol–water partition coefficient (Wildman–Crippen LogP) is 2.43. The van der Waals surface area contributed by atoms with Gasteiger partial charge in [-0.25, -0.2) is 4.98 Å². The number of carbonyl (C=O) groups is 1. The van der Waals surface area contributed by atoms with Crippen LogP contribution in [0, 0.1) is 5.92 Å². The van der Waals surface area contributed by atoms with E-state index in [1.807, 2.05) is 35.0 Å². The molecule has 0 fully saturated rings. The summed E-state index contributed by atoms with van der Waals surface area (Å²) in [5.41, 5.74) is 1.69. The number of hydrogen-bond donors (Lipinski definition) is 1. The second kappa shape index (κ2) is 6.36. The second-order valence-electron chi connectivity index (χ2n) is 4.86. The minimum Gasteiger partial charge on any atom is -0.355 e. The number of rotatable bonds is 6. The number of fused-ring (bicyclic) bond motifs is 1. The van der Waals surface area contributed by atoms with Crippen LogP contribution in [0.2, 0.25) is 0 Å². The highest BCUT2D eigenvalue weighted by atomic mass is 16.1. The van der Waals surface area contributed by atoms with E-state index in [2.05, 4.69) is 24.1 Å². The monoisotopic (exact) mass is 259 g/mol. The summed E-state index contributed by atoms with van der Waals surface area (Å²) in [6.07, 6.45) is 6.40. The van der Waals surface area contributed by atoms with Gasteiger partial charge in [-0.3, -0.25) is 4.79 Å². The molecule has 0 aromatic carbocycles. The van der Waals surface area contributed by atoms with Gasteiger partial charge < -0.3 is 9.72 Å². The van der Waals surface area contributed by atoms with E-state index in [1.165, 1.54) is 0 Å². The molecular weight excluding hydrogens is 238 g/mol. The van der Waals surface area contributed by atoms with Crippen molar-refractivity contribution in [1.29, 1.82) is 0 Å². The molecule has 102 valence electrons. The molecule has 4 heteroatoms. The van der Waals surface area contributed by atoms with Crippen LogP contribution >= 0.6 is 0 Å². The molecule has 0 spiro atoms. The first-order valence-electron chi connectivity index (χ1n) is 6.92. The molecule has 1 N–H and O–H groups in total. The molecule has 2 aromatic rings. The summed E-state index contributed by atoms with van der Waals surface area (Å²) in [5.74, 6) is 0.625. The highest BCUT2D eigenvalue weighted by Gasteiger charge is 2.09. The fourth-order valence-electron chi connectivity index (χ4n) is 2.13. The Morgan fingerprint density at radius 1 is 1.37 bits per heavy atom. The van der Waals surface area contributed by atoms with E-state index in [1.54, 1.807) is 0 Å². The van der Waals surface area contributed by atoms with Crippen LogP contribution in [0.4, 0.5) is 0 Å². The Labute approximate surface area is 113 Å². The standard InChI is InChI=1S/C15H21N3O/c1-3-12(4-2)10-16-15(19)9-13-11-18-8-6-5-7-14(18)17-13/h5-8,11-12H,3-4,9-10H2,1-2H3,(H,16,19). The lowest BCUT2D eigenvalue weighted by atomic mass is 10.0. The number of pyridine rings is 1. The fourth-order valence-corrected chi connectivity index (χ4v) is 2.13. The average Bonchev–Trinajstić information content (AvgIpc) is 2.81. The first kappa shape index (κ1) is 13.6. The molecule has 0 aliphatic rings. The third-order valence-corrected chi connectivity index (χ3v) is 3.50. The molecule has 0 radical (unpaired) electrons. The van der Waals surface area contributed by atoms with Crippen LogP contribution in [0.25, 0.3) is 5.65 Å². The SMILES string of the molecule is CCC(CC)CNC(=O)Cc1cn2ccccc2n1. The Bertz CT molecular complexity index is 510. The smallest absolute Gasteiger partial charge is 0.226 e. The second-order valence-corrected chi connectivity index (χ2v) is 4.86.